The molecule has 0 saturated carbocycles. The molecule has 0 radical (unpaired) electrons. The largest absolute Gasteiger partial charge is 0.381 e. The lowest BCUT2D eigenvalue weighted by Crippen LogP contribution is -2.29. The molecule has 0 atom stereocenters. The fourth-order valence-electron chi connectivity index (χ4n) is 1.65. The Morgan fingerprint density at radius 3 is 2.69 bits per heavy atom. The van der Waals surface area contributed by atoms with Gasteiger partial charge in [-0.25, -0.2) is 0 Å². The summed E-state index contributed by atoms with van der Waals surface area (Å²) in [7, 11) is 2.00. The summed E-state index contributed by atoms with van der Waals surface area (Å²) in [6, 6.07) is 0. The van der Waals surface area contributed by atoms with Gasteiger partial charge in [-0.1, -0.05) is 0 Å². The van der Waals surface area contributed by atoms with Gasteiger partial charge in [0.05, 0.1) is 0 Å². The van der Waals surface area contributed by atoms with Gasteiger partial charge in [-0.05, 0) is 51.9 Å². The normalized spacial score (nSPS) is 19.2. The van der Waals surface area contributed by atoms with E-state index in [1.807, 2.05) is 7.05 Å². The standard InChI is InChI=1S/C10H22N2O/c1-11-5-2-6-12-9-10-3-7-13-8-4-10/h10-12H,2-9H2,1H3. The van der Waals surface area contributed by atoms with Crippen LogP contribution in [-0.2, 0) is 4.74 Å². The van der Waals surface area contributed by atoms with Gasteiger partial charge in [0.2, 0.25) is 0 Å². The van der Waals surface area contributed by atoms with Crippen molar-refractivity contribution in [1.82, 2.24) is 10.6 Å². The Hall–Kier alpha value is -0.120. The quantitative estimate of drug-likeness (QED) is 0.596. The van der Waals surface area contributed by atoms with E-state index in [-0.39, 0.29) is 0 Å². The minimum atomic E-state index is 0.850. The van der Waals surface area contributed by atoms with Gasteiger partial charge in [0.15, 0.2) is 0 Å². The lowest BCUT2D eigenvalue weighted by molar-refractivity contribution is 0.0663. The second-order valence-electron chi connectivity index (χ2n) is 3.72. The average molecular weight is 186 g/mol. The van der Waals surface area contributed by atoms with Gasteiger partial charge in [-0.3, -0.25) is 0 Å². The maximum absolute atomic E-state index is 5.31. The van der Waals surface area contributed by atoms with E-state index in [0.717, 1.165) is 32.2 Å². The molecule has 1 heterocycles. The van der Waals surface area contributed by atoms with Gasteiger partial charge >= 0.3 is 0 Å². The molecular formula is C10H22N2O. The van der Waals surface area contributed by atoms with E-state index in [9.17, 15) is 0 Å². The molecule has 1 saturated heterocycles. The highest BCUT2D eigenvalue weighted by molar-refractivity contribution is 4.65. The van der Waals surface area contributed by atoms with Crippen LogP contribution in [0, 0.1) is 5.92 Å². The lowest BCUT2D eigenvalue weighted by Gasteiger charge is -2.22. The highest BCUT2D eigenvalue weighted by atomic mass is 16.5. The zero-order chi connectivity index (χ0) is 9.36. The van der Waals surface area contributed by atoms with Crippen LogP contribution < -0.4 is 10.6 Å². The summed E-state index contributed by atoms with van der Waals surface area (Å²) in [5.41, 5.74) is 0. The van der Waals surface area contributed by atoms with Crippen molar-refractivity contribution in [2.24, 2.45) is 5.92 Å². The molecule has 0 unspecified atom stereocenters. The van der Waals surface area contributed by atoms with Crippen molar-refractivity contribution in [2.45, 2.75) is 19.3 Å². The molecule has 0 aromatic rings. The van der Waals surface area contributed by atoms with E-state index >= 15 is 0 Å². The SMILES string of the molecule is CNCCCNCC1CCOCC1. The van der Waals surface area contributed by atoms with Crippen LogP contribution in [0.15, 0.2) is 0 Å². The Bertz CT molecular complexity index is 113. The highest BCUT2D eigenvalue weighted by Gasteiger charge is 2.12. The van der Waals surface area contributed by atoms with Gasteiger partial charge in [-0.15, -0.1) is 0 Å². The summed E-state index contributed by atoms with van der Waals surface area (Å²) in [5, 5.41) is 6.64. The molecule has 1 aliphatic rings. The van der Waals surface area contributed by atoms with E-state index in [4.69, 9.17) is 4.74 Å². The van der Waals surface area contributed by atoms with Crippen molar-refractivity contribution in [3.63, 3.8) is 0 Å². The second kappa shape index (κ2) is 7.30. The number of hydrogen-bond acceptors (Lipinski definition) is 3. The molecule has 0 aliphatic carbocycles. The van der Waals surface area contributed by atoms with Crippen LogP contribution in [0.25, 0.3) is 0 Å². The molecule has 2 N–H and O–H groups in total. The molecule has 3 nitrogen and oxygen atoms in total. The second-order valence-corrected chi connectivity index (χ2v) is 3.72. The molecule has 0 bridgehead atoms. The van der Waals surface area contributed by atoms with Crippen LogP contribution in [0.1, 0.15) is 19.3 Å². The van der Waals surface area contributed by atoms with Crippen LogP contribution in [0.5, 0.6) is 0 Å². The molecule has 1 aliphatic heterocycles. The van der Waals surface area contributed by atoms with Gasteiger partial charge in [0, 0.05) is 13.2 Å². The third-order valence-corrected chi connectivity index (χ3v) is 2.55. The first-order valence-electron chi connectivity index (χ1n) is 5.36. The Morgan fingerprint density at radius 2 is 2.00 bits per heavy atom. The molecule has 1 fully saturated rings. The first kappa shape index (κ1) is 11.0. The minimum Gasteiger partial charge on any atom is -0.381 e. The van der Waals surface area contributed by atoms with Crippen LogP contribution >= 0.6 is 0 Å². The van der Waals surface area contributed by atoms with Gasteiger partial charge in [0.1, 0.15) is 0 Å². The van der Waals surface area contributed by atoms with Crippen molar-refractivity contribution >= 4 is 0 Å². The van der Waals surface area contributed by atoms with Crippen molar-refractivity contribution in [3.8, 4) is 0 Å². The van der Waals surface area contributed by atoms with E-state index in [1.54, 1.807) is 0 Å². The van der Waals surface area contributed by atoms with Gasteiger partial charge < -0.3 is 15.4 Å². The smallest absolute Gasteiger partial charge is 0.0469 e. The van der Waals surface area contributed by atoms with E-state index < -0.39 is 0 Å². The molecule has 3 heteroatoms. The summed E-state index contributed by atoms with van der Waals surface area (Å²) in [4.78, 5) is 0. The molecule has 0 aromatic heterocycles. The Morgan fingerprint density at radius 1 is 1.23 bits per heavy atom. The summed E-state index contributed by atoms with van der Waals surface area (Å²) >= 11 is 0. The fraction of sp³-hybridized carbons (Fsp3) is 1.00. The van der Waals surface area contributed by atoms with Crippen molar-refractivity contribution in [3.05, 3.63) is 0 Å². The summed E-state index contributed by atoms with van der Waals surface area (Å²) in [6.45, 7) is 5.35. The monoisotopic (exact) mass is 186 g/mol. The predicted molar refractivity (Wildman–Crippen MR) is 55.0 cm³/mol. The van der Waals surface area contributed by atoms with Crippen molar-refractivity contribution < 1.29 is 4.74 Å². The average Bonchev–Trinajstić information content (AvgIpc) is 2.19. The molecule has 1 rings (SSSR count). The molecule has 0 aromatic carbocycles. The lowest BCUT2D eigenvalue weighted by atomic mass is 10.0. The summed E-state index contributed by atoms with van der Waals surface area (Å²) in [6.07, 6.45) is 3.69. The zero-order valence-electron chi connectivity index (χ0n) is 8.64. The highest BCUT2D eigenvalue weighted by Crippen LogP contribution is 2.12. The maximum Gasteiger partial charge on any atom is 0.0469 e. The number of hydrogen-bond donors (Lipinski definition) is 2. The summed E-state index contributed by atoms with van der Waals surface area (Å²) < 4.78 is 5.31. The van der Waals surface area contributed by atoms with E-state index in [0.29, 0.717) is 0 Å². The van der Waals surface area contributed by atoms with Crippen molar-refractivity contribution in [1.29, 1.82) is 0 Å². The Balaban J connectivity index is 1.86. The Kier molecular flexibility index (Phi) is 6.15. The van der Waals surface area contributed by atoms with Crippen molar-refractivity contribution in [2.75, 3.05) is 39.9 Å². The minimum absolute atomic E-state index is 0.850. The topological polar surface area (TPSA) is 33.3 Å². The van der Waals surface area contributed by atoms with E-state index in [2.05, 4.69) is 10.6 Å². The molecule has 0 amide bonds. The van der Waals surface area contributed by atoms with Crippen LogP contribution in [0.2, 0.25) is 0 Å². The number of ether oxygens (including phenoxy) is 1. The maximum atomic E-state index is 5.31. The van der Waals surface area contributed by atoms with Crippen LogP contribution in [0.3, 0.4) is 0 Å². The Labute approximate surface area is 81.2 Å². The van der Waals surface area contributed by atoms with Gasteiger partial charge in [-0.2, -0.15) is 0 Å². The first-order valence-corrected chi connectivity index (χ1v) is 5.36. The molecular weight excluding hydrogens is 164 g/mol. The third-order valence-electron chi connectivity index (χ3n) is 2.55. The summed E-state index contributed by atoms with van der Waals surface area (Å²) in [5.74, 6) is 0.850. The number of nitrogens with one attached hydrogen (secondary N) is 2. The van der Waals surface area contributed by atoms with E-state index in [1.165, 1.54) is 25.8 Å². The van der Waals surface area contributed by atoms with Crippen LogP contribution in [-0.4, -0.2) is 39.9 Å². The van der Waals surface area contributed by atoms with Crippen LogP contribution in [0.4, 0.5) is 0 Å². The zero-order valence-corrected chi connectivity index (χ0v) is 8.64. The predicted octanol–water partition coefficient (Wildman–Crippen LogP) is 0.612. The number of rotatable bonds is 6. The third kappa shape index (κ3) is 5.24. The van der Waals surface area contributed by atoms with Gasteiger partial charge in [0.25, 0.3) is 0 Å². The molecule has 0 spiro atoms. The fourth-order valence-corrected chi connectivity index (χ4v) is 1.65. The first-order chi connectivity index (χ1) is 6.43. The molecule has 13 heavy (non-hydrogen) atoms. The molecule has 78 valence electrons.